The average molecular weight is 311 g/mol. The lowest BCUT2D eigenvalue weighted by Gasteiger charge is -2.20. The number of nitrogens with zero attached hydrogens (tertiary/aromatic N) is 4. The van der Waals surface area contributed by atoms with Gasteiger partial charge in [0.05, 0.1) is 11.9 Å². The third-order valence-electron chi connectivity index (χ3n) is 5.24. The molecule has 0 aromatic carbocycles. The minimum Gasteiger partial charge on any atom is -0.311 e. The first-order valence-corrected chi connectivity index (χ1v) is 8.33. The minimum absolute atomic E-state index is 0.0735. The monoisotopic (exact) mass is 311 g/mol. The smallest absolute Gasteiger partial charge is 0.225 e. The number of aryl methyl sites for hydroxylation is 1. The highest BCUT2D eigenvalue weighted by molar-refractivity contribution is 5.90. The van der Waals surface area contributed by atoms with Crippen LogP contribution in [0.15, 0.2) is 24.4 Å². The molecule has 120 valence electrons. The van der Waals surface area contributed by atoms with Crippen LogP contribution in [0.25, 0.3) is 5.82 Å². The van der Waals surface area contributed by atoms with Crippen molar-refractivity contribution in [1.82, 2.24) is 20.0 Å². The van der Waals surface area contributed by atoms with Gasteiger partial charge in [0.1, 0.15) is 5.82 Å². The second-order valence-corrected chi connectivity index (χ2v) is 6.85. The zero-order valence-electron chi connectivity index (χ0n) is 13.3. The van der Waals surface area contributed by atoms with Crippen LogP contribution in [-0.4, -0.2) is 25.9 Å². The summed E-state index contributed by atoms with van der Waals surface area (Å²) in [6, 6.07) is 5.52. The maximum Gasteiger partial charge on any atom is 0.225 e. The molecule has 2 fully saturated rings. The van der Waals surface area contributed by atoms with E-state index in [1.807, 2.05) is 19.1 Å². The topological polar surface area (TPSA) is 72.7 Å². The van der Waals surface area contributed by atoms with Gasteiger partial charge in [-0.3, -0.25) is 4.79 Å². The van der Waals surface area contributed by atoms with Crippen molar-refractivity contribution in [2.75, 3.05) is 5.32 Å². The number of rotatable bonds is 4. The Hall–Kier alpha value is -2.24. The fourth-order valence-electron chi connectivity index (χ4n) is 4.14. The van der Waals surface area contributed by atoms with Crippen molar-refractivity contribution in [3.63, 3.8) is 0 Å². The first-order chi connectivity index (χ1) is 11.2. The molecule has 2 aliphatic carbocycles. The lowest BCUT2D eigenvalue weighted by atomic mass is 9.86. The average Bonchev–Trinajstić information content (AvgIpc) is 3.25. The Morgan fingerprint density at radius 2 is 2.17 bits per heavy atom. The van der Waals surface area contributed by atoms with Crippen LogP contribution in [0, 0.1) is 24.7 Å². The SMILES string of the molecule is Cc1ccc(-n2nccc2NC(=O)C[C@H]2C[C@H]3CC[C@H]2C3)nn1. The quantitative estimate of drug-likeness (QED) is 0.942. The van der Waals surface area contributed by atoms with Gasteiger partial charge in [0, 0.05) is 12.5 Å². The van der Waals surface area contributed by atoms with E-state index >= 15 is 0 Å². The largest absolute Gasteiger partial charge is 0.311 e. The zero-order valence-corrected chi connectivity index (χ0v) is 13.3. The Kier molecular flexibility index (Phi) is 3.59. The number of carbonyl (C=O) groups excluding carboxylic acids is 1. The molecule has 3 atom stereocenters. The standard InChI is InChI=1S/C17H21N5O/c1-11-2-5-16(21-20-11)22-15(6-7-18-22)19-17(23)10-14-9-12-3-4-13(14)8-12/h2,5-7,12-14H,3-4,8-10H2,1H3,(H,19,23)/t12-,13-,14+/m0/s1. The molecule has 0 saturated heterocycles. The highest BCUT2D eigenvalue weighted by Crippen LogP contribution is 2.49. The summed E-state index contributed by atoms with van der Waals surface area (Å²) in [6.45, 7) is 1.89. The number of hydrogen-bond acceptors (Lipinski definition) is 4. The molecule has 23 heavy (non-hydrogen) atoms. The molecule has 1 N–H and O–H groups in total. The second kappa shape index (κ2) is 5.76. The second-order valence-electron chi connectivity index (χ2n) is 6.85. The highest BCUT2D eigenvalue weighted by Gasteiger charge is 2.40. The van der Waals surface area contributed by atoms with Crippen molar-refractivity contribution in [3.8, 4) is 5.82 Å². The number of aromatic nitrogens is 4. The number of amides is 1. The van der Waals surface area contributed by atoms with E-state index in [1.165, 1.54) is 25.7 Å². The summed E-state index contributed by atoms with van der Waals surface area (Å²) in [5.74, 6) is 3.52. The molecule has 0 spiro atoms. The van der Waals surface area contributed by atoms with Gasteiger partial charge in [0.2, 0.25) is 5.91 Å². The van der Waals surface area contributed by atoms with Gasteiger partial charge in [0.15, 0.2) is 5.82 Å². The zero-order chi connectivity index (χ0) is 15.8. The number of nitrogens with one attached hydrogen (secondary N) is 1. The molecule has 2 saturated carbocycles. The van der Waals surface area contributed by atoms with Crippen molar-refractivity contribution in [2.24, 2.45) is 17.8 Å². The molecule has 0 radical (unpaired) electrons. The first-order valence-electron chi connectivity index (χ1n) is 8.33. The molecular formula is C17H21N5O. The van der Waals surface area contributed by atoms with Crippen molar-refractivity contribution in [2.45, 2.75) is 39.0 Å². The summed E-state index contributed by atoms with van der Waals surface area (Å²) in [7, 11) is 0. The summed E-state index contributed by atoms with van der Waals surface area (Å²) < 4.78 is 1.62. The summed E-state index contributed by atoms with van der Waals surface area (Å²) >= 11 is 0. The van der Waals surface area contributed by atoms with Crippen molar-refractivity contribution in [3.05, 3.63) is 30.1 Å². The van der Waals surface area contributed by atoms with E-state index in [4.69, 9.17) is 0 Å². The van der Waals surface area contributed by atoms with Gasteiger partial charge in [-0.05, 0) is 56.1 Å². The van der Waals surface area contributed by atoms with Crippen molar-refractivity contribution in [1.29, 1.82) is 0 Å². The Morgan fingerprint density at radius 1 is 1.26 bits per heavy atom. The molecule has 4 rings (SSSR count). The van der Waals surface area contributed by atoms with Crippen molar-refractivity contribution < 1.29 is 4.79 Å². The molecule has 2 heterocycles. The molecule has 2 aromatic heterocycles. The van der Waals surface area contributed by atoms with E-state index in [1.54, 1.807) is 16.9 Å². The van der Waals surface area contributed by atoms with Crippen LogP contribution in [-0.2, 0) is 4.79 Å². The fraction of sp³-hybridized carbons (Fsp3) is 0.529. The minimum atomic E-state index is 0.0735. The van der Waals surface area contributed by atoms with Crippen LogP contribution in [0.5, 0.6) is 0 Å². The van der Waals surface area contributed by atoms with E-state index in [9.17, 15) is 4.79 Å². The summed E-state index contributed by atoms with van der Waals surface area (Å²) in [5, 5.41) is 15.4. The Morgan fingerprint density at radius 3 is 2.87 bits per heavy atom. The molecular weight excluding hydrogens is 290 g/mol. The predicted molar refractivity (Wildman–Crippen MR) is 86.1 cm³/mol. The van der Waals surface area contributed by atoms with Crippen LogP contribution in [0.2, 0.25) is 0 Å². The van der Waals surface area contributed by atoms with Gasteiger partial charge in [-0.1, -0.05) is 6.42 Å². The molecule has 1 amide bonds. The van der Waals surface area contributed by atoms with Crippen LogP contribution >= 0.6 is 0 Å². The Balaban J connectivity index is 1.44. The van der Waals surface area contributed by atoms with Crippen LogP contribution in [0.4, 0.5) is 5.82 Å². The van der Waals surface area contributed by atoms with Crippen molar-refractivity contribution >= 4 is 11.7 Å². The summed E-state index contributed by atoms with van der Waals surface area (Å²) in [4.78, 5) is 12.4. The molecule has 6 heteroatoms. The Bertz CT molecular complexity index is 708. The molecule has 2 bridgehead atoms. The van der Waals surface area contributed by atoms with E-state index in [-0.39, 0.29) is 5.91 Å². The number of hydrogen-bond donors (Lipinski definition) is 1. The summed E-state index contributed by atoms with van der Waals surface area (Å²) in [6.07, 6.45) is 7.50. The van der Waals surface area contributed by atoms with Gasteiger partial charge in [-0.2, -0.15) is 14.9 Å². The van der Waals surface area contributed by atoms with Gasteiger partial charge in [-0.25, -0.2) is 0 Å². The van der Waals surface area contributed by atoms with E-state index < -0.39 is 0 Å². The van der Waals surface area contributed by atoms with E-state index in [0.29, 0.717) is 24.0 Å². The third kappa shape index (κ3) is 2.85. The lowest BCUT2D eigenvalue weighted by molar-refractivity contribution is -0.117. The normalized spacial score (nSPS) is 25.7. The maximum absolute atomic E-state index is 12.4. The first kappa shape index (κ1) is 14.4. The number of anilines is 1. The molecule has 0 aliphatic heterocycles. The Labute approximate surface area is 135 Å². The van der Waals surface area contributed by atoms with Gasteiger partial charge < -0.3 is 5.32 Å². The maximum atomic E-state index is 12.4. The van der Waals surface area contributed by atoms with Gasteiger partial charge in [-0.15, -0.1) is 5.10 Å². The summed E-state index contributed by atoms with van der Waals surface area (Å²) in [5.41, 5.74) is 0.850. The number of fused-ring (bicyclic) bond motifs is 2. The third-order valence-corrected chi connectivity index (χ3v) is 5.24. The van der Waals surface area contributed by atoms with E-state index in [2.05, 4.69) is 20.6 Å². The number of carbonyl (C=O) groups is 1. The molecule has 0 unspecified atom stereocenters. The fourth-order valence-corrected chi connectivity index (χ4v) is 4.14. The van der Waals surface area contributed by atoms with Crippen LogP contribution in [0.1, 0.15) is 37.8 Å². The van der Waals surface area contributed by atoms with Crippen LogP contribution in [0.3, 0.4) is 0 Å². The molecule has 2 aliphatic rings. The molecule has 6 nitrogen and oxygen atoms in total. The molecule has 2 aromatic rings. The van der Waals surface area contributed by atoms with Gasteiger partial charge in [0.25, 0.3) is 0 Å². The predicted octanol–water partition coefficient (Wildman–Crippen LogP) is 2.74. The lowest BCUT2D eigenvalue weighted by Crippen LogP contribution is -2.21. The van der Waals surface area contributed by atoms with Crippen LogP contribution < -0.4 is 5.32 Å². The highest BCUT2D eigenvalue weighted by atomic mass is 16.1. The van der Waals surface area contributed by atoms with E-state index in [0.717, 1.165) is 17.5 Å². The van der Waals surface area contributed by atoms with Gasteiger partial charge >= 0.3 is 0 Å².